The summed E-state index contributed by atoms with van der Waals surface area (Å²) in [6.07, 6.45) is 1.76. The number of nitrogens with zero attached hydrogens (tertiary/aromatic N) is 2. The topological polar surface area (TPSA) is 49.8 Å². The molecule has 0 unspecified atom stereocenters. The zero-order valence-corrected chi connectivity index (χ0v) is 11.8. The molecule has 2 N–H and O–H groups in total. The van der Waals surface area contributed by atoms with Crippen LogP contribution in [0.25, 0.3) is 21.8 Å². The number of nitrogens with one attached hydrogen (secondary N) is 2. The molecule has 0 atom stereocenters. The first-order valence-electron chi connectivity index (χ1n) is 7.12. The molecule has 4 heteroatoms. The Labute approximate surface area is 127 Å². The molecule has 4 rings (SSSR count). The van der Waals surface area contributed by atoms with E-state index in [2.05, 4.69) is 28.0 Å². The smallest absolute Gasteiger partial charge is 0.144 e. The lowest BCUT2D eigenvalue weighted by Gasteiger charge is -2.14. The fourth-order valence-electron chi connectivity index (χ4n) is 2.54. The lowest BCUT2D eigenvalue weighted by Crippen LogP contribution is -2.10. The SMILES string of the molecule is c1ccc(NNc2c3ccccc3nc3ccccc23)nc1. The number of rotatable bonds is 3. The maximum atomic E-state index is 4.71. The summed E-state index contributed by atoms with van der Waals surface area (Å²) in [5.41, 5.74) is 9.39. The second-order valence-corrected chi connectivity index (χ2v) is 4.99. The van der Waals surface area contributed by atoms with Crippen LogP contribution in [0.3, 0.4) is 0 Å². The van der Waals surface area contributed by atoms with Crippen molar-refractivity contribution < 1.29 is 0 Å². The average Bonchev–Trinajstić information content (AvgIpc) is 2.59. The molecule has 0 saturated heterocycles. The molecule has 0 spiro atoms. The maximum absolute atomic E-state index is 4.71. The van der Waals surface area contributed by atoms with Crippen molar-refractivity contribution in [1.82, 2.24) is 9.97 Å². The van der Waals surface area contributed by atoms with Crippen molar-refractivity contribution in [2.75, 3.05) is 10.9 Å². The summed E-state index contributed by atoms with van der Waals surface area (Å²) >= 11 is 0. The van der Waals surface area contributed by atoms with E-state index in [1.807, 2.05) is 54.6 Å². The van der Waals surface area contributed by atoms with E-state index in [1.54, 1.807) is 6.20 Å². The molecule has 0 radical (unpaired) electrons. The van der Waals surface area contributed by atoms with Crippen LogP contribution in [0, 0.1) is 0 Å². The van der Waals surface area contributed by atoms with Gasteiger partial charge in [-0.25, -0.2) is 9.97 Å². The second-order valence-electron chi connectivity index (χ2n) is 4.99. The number of pyridine rings is 2. The quantitative estimate of drug-likeness (QED) is 0.437. The van der Waals surface area contributed by atoms with Crippen molar-refractivity contribution in [3.8, 4) is 0 Å². The molecule has 0 aliphatic heterocycles. The Morgan fingerprint density at radius 2 is 1.27 bits per heavy atom. The number of benzene rings is 2. The van der Waals surface area contributed by atoms with E-state index in [9.17, 15) is 0 Å². The molecular formula is C18H14N4. The van der Waals surface area contributed by atoms with Crippen molar-refractivity contribution in [3.63, 3.8) is 0 Å². The highest BCUT2D eigenvalue weighted by atomic mass is 15.4. The molecule has 0 saturated carbocycles. The molecule has 2 heterocycles. The van der Waals surface area contributed by atoms with Crippen LogP contribution in [0.2, 0.25) is 0 Å². The van der Waals surface area contributed by atoms with Crippen LogP contribution >= 0.6 is 0 Å². The van der Waals surface area contributed by atoms with Crippen molar-refractivity contribution in [2.45, 2.75) is 0 Å². The van der Waals surface area contributed by atoms with E-state index in [1.165, 1.54) is 0 Å². The number of anilines is 2. The standard InChI is InChI=1S/C18H14N4/c1-3-9-15-13(7-1)18(14-8-2-4-10-16(14)20-15)22-21-17-11-5-6-12-19-17/h1-12H,(H,19,21)(H,20,22). The number of hydrazine groups is 1. The van der Waals surface area contributed by atoms with Crippen LogP contribution < -0.4 is 10.9 Å². The molecule has 0 aliphatic rings. The van der Waals surface area contributed by atoms with Crippen molar-refractivity contribution in [2.24, 2.45) is 0 Å². The zero-order valence-electron chi connectivity index (χ0n) is 11.8. The molecule has 106 valence electrons. The van der Waals surface area contributed by atoms with Gasteiger partial charge in [-0.15, -0.1) is 0 Å². The summed E-state index contributed by atoms with van der Waals surface area (Å²) in [6, 6.07) is 22.0. The number of aromatic nitrogens is 2. The summed E-state index contributed by atoms with van der Waals surface area (Å²) in [5.74, 6) is 0.771. The Bertz CT molecular complexity index is 881. The molecule has 0 fully saturated rings. The summed E-state index contributed by atoms with van der Waals surface area (Å²) in [5, 5.41) is 2.15. The van der Waals surface area contributed by atoms with Gasteiger partial charge in [0.1, 0.15) is 5.82 Å². The lowest BCUT2D eigenvalue weighted by molar-refractivity contribution is 1.27. The molecule has 0 aliphatic carbocycles. The molecule has 4 nitrogen and oxygen atoms in total. The van der Waals surface area contributed by atoms with E-state index >= 15 is 0 Å². The minimum atomic E-state index is 0.771. The number of hydrogen-bond acceptors (Lipinski definition) is 4. The highest BCUT2D eigenvalue weighted by Crippen LogP contribution is 2.30. The van der Waals surface area contributed by atoms with Gasteiger partial charge in [0.05, 0.1) is 16.7 Å². The van der Waals surface area contributed by atoms with Gasteiger partial charge in [-0.3, -0.25) is 10.9 Å². The van der Waals surface area contributed by atoms with E-state index in [-0.39, 0.29) is 0 Å². The van der Waals surface area contributed by atoms with Gasteiger partial charge in [0.2, 0.25) is 0 Å². The van der Waals surface area contributed by atoms with E-state index in [0.717, 1.165) is 33.3 Å². The van der Waals surface area contributed by atoms with Crippen LogP contribution in [0.5, 0.6) is 0 Å². The van der Waals surface area contributed by atoms with Crippen LogP contribution in [-0.2, 0) is 0 Å². The predicted molar refractivity (Wildman–Crippen MR) is 90.7 cm³/mol. The second kappa shape index (κ2) is 5.33. The lowest BCUT2D eigenvalue weighted by atomic mass is 10.1. The van der Waals surface area contributed by atoms with Crippen molar-refractivity contribution in [3.05, 3.63) is 72.9 Å². The third kappa shape index (κ3) is 2.20. The van der Waals surface area contributed by atoms with Crippen LogP contribution in [0.15, 0.2) is 72.9 Å². The van der Waals surface area contributed by atoms with Gasteiger partial charge in [0.15, 0.2) is 0 Å². The molecule has 0 bridgehead atoms. The molecule has 0 amide bonds. The number of para-hydroxylation sites is 2. The molecule has 2 aromatic carbocycles. The highest BCUT2D eigenvalue weighted by Gasteiger charge is 2.08. The van der Waals surface area contributed by atoms with Gasteiger partial charge >= 0.3 is 0 Å². The van der Waals surface area contributed by atoms with Gasteiger partial charge < -0.3 is 0 Å². The summed E-state index contributed by atoms with van der Waals surface area (Å²) in [7, 11) is 0. The first-order valence-corrected chi connectivity index (χ1v) is 7.12. The van der Waals surface area contributed by atoms with Gasteiger partial charge in [0, 0.05) is 17.0 Å². The van der Waals surface area contributed by atoms with E-state index < -0.39 is 0 Å². The molecule has 4 aromatic rings. The largest absolute Gasteiger partial charge is 0.298 e. The van der Waals surface area contributed by atoms with E-state index in [4.69, 9.17) is 4.98 Å². The van der Waals surface area contributed by atoms with Crippen LogP contribution in [-0.4, -0.2) is 9.97 Å². The fourth-order valence-corrected chi connectivity index (χ4v) is 2.54. The Morgan fingerprint density at radius 1 is 0.636 bits per heavy atom. The first-order chi connectivity index (χ1) is 10.9. The van der Waals surface area contributed by atoms with Gasteiger partial charge in [-0.1, -0.05) is 42.5 Å². The minimum absolute atomic E-state index is 0.771. The van der Waals surface area contributed by atoms with Gasteiger partial charge in [-0.05, 0) is 24.3 Å². The summed E-state index contributed by atoms with van der Waals surface area (Å²) < 4.78 is 0. The Morgan fingerprint density at radius 3 is 1.91 bits per heavy atom. The van der Waals surface area contributed by atoms with Crippen LogP contribution in [0.1, 0.15) is 0 Å². The monoisotopic (exact) mass is 286 g/mol. The summed E-state index contributed by atoms with van der Waals surface area (Å²) in [4.78, 5) is 8.97. The Balaban J connectivity index is 1.85. The van der Waals surface area contributed by atoms with Crippen LogP contribution in [0.4, 0.5) is 11.5 Å². The number of fused-ring (bicyclic) bond motifs is 2. The average molecular weight is 286 g/mol. The predicted octanol–water partition coefficient (Wildman–Crippen LogP) is 4.22. The van der Waals surface area contributed by atoms with Gasteiger partial charge in [0.25, 0.3) is 0 Å². The summed E-state index contributed by atoms with van der Waals surface area (Å²) in [6.45, 7) is 0. The molecule has 22 heavy (non-hydrogen) atoms. The van der Waals surface area contributed by atoms with Crippen molar-refractivity contribution >= 4 is 33.3 Å². The normalized spacial score (nSPS) is 10.7. The zero-order chi connectivity index (χ0) is 14.8. The third-order valence-corrected chi connectivity index (χ3v) is 3.57. The fraction of sp³-hybridized carbons (Fsp3) is 0. The van der Waals surface area contributed by atoms with Gasteiger partial charge in [-0.2, -0.15) is 0 Å². The molecular weight excluding hydrogens is 272 g/mol. The Hall–Kier alpha value is -3.14. The number of hydrogen-bond donors (Lipinski definition) is 2. The molecule has 2 aromatic heterocycles. The maximum Gasteiger partial charge on any atom is 0.144 e. The first kappa shape index (κ1) is 12.6. The third-order valence-electron chi connectivity index (χ3n) is 3.57. The van der Waals surface area contributed by atoms with E-state index in [0.29, 0.717) is 0 Å². The van der Waals surface area contributed by atoms with Crippen molar-refractivity contribution in [1.29, 1.82) is 0 Å². The minimum Gasteiger partial charge on any atom is -0.298 e. The Kier molecular flexibility index (Phi) is 3.05. The highest BCUT2D eigenvalue weighted by molar-refractivity contribution is 6.07.